The molecule has 0 aliphatic heterocycles. The minimum Gasteiger partial charge on any atom is -0.375 e. The van der Waals surface area contributed by atoms with Crippen LogP contribution in [-0.4, -0.2) is 24.4 Å². The zero-order valence-electron chi connectivity index (χ0n) is 14.3. The van der Waals surface area contributed by atoms with Crippen LogP contribution < -0.4 is 0 Å². The van der Waals surface area contributed by atoms with Crippen LogP contribution in [0.15, 0.2) is 0 Å². The van der Waals surface area contributed by atoms with Gasteiger partial charge in [-0.3, -0.25) is 0 Å². The lowest BCUT2D eigenvalue weighted by Crippen LogP contribution is -2.38. The third-order valence-electron chi connectivity index (χ3n) is 3.55. The minimum absolute atomic E-state index is 0.104. The summed E-state index contributed by atoms with van der Waals surface area (Å²) in [6, 6.07) is 0. The van der Waals surface area contributed by atoms with Crippen LogP contribution in [0, 0.1) is 5.92 Å². The van der Waals surface area contributed by atoms with E-state index in [-0.39, 0.29) is 11.2 Å². The molecule has 0 aromatic heterocycles. The van der Waals surface area contributed by atoms with Gasteiger partial charge in [-0.25, -0.2) is 0 Å². The van der Waals surface area contributed by atoms with Crippen molar-refractivity contribution >= 4 is 0 Å². The molecule has 19 heavy (non-hydrogen) atoms. The lowest BCUT2D eigenvalue weighted by atomic mass is 9.92. The maximum absolute atomic E-state index is 6.07. The monoisotopic (exact) mass is 272 g/mol. The molecule has 0 bridgehead atoms. The van der Waals surface area contributed by atoms with Gasteiger partial charge < -0.3 is 9.47 Å². The van der Waals surface area contributed by atoms with E-state index in [0.717, 1.165) is 26.1 Å². The molecule has 0 saturated carbocycles. The van der Waals surface area contributed by atoms with Gasteiger partial charge >= 0.3 is 0 Å². The van der Waals surface area contributed by atoms with Crippen LogP contribution in [0.25, 0.3) is 0 Å². The largest absolute Gasteiger partial charge is 0.375 e. The summed E-state index contributed by atoms with van der Waals surface area (Å²) in [4.78, 5) is 0. The van der Waals surface area contributed by atoms with Crippen LogP contribution in [0.2, 0.25) is 0 Å². The Balaban J connectivity index is 4.06. The summed E-state index contributed by atoms with van der Waals surface area (Å²) in [5, 5.41) is 0. The van der Waals surface area contributed by atoms with Crippen molar-refractivity contribution in [3.63, 3.8) is 0 Å². The van der Waals surface area contributed by atoms with Gasteiger partial charge in [-0.15, -0.1) is 0 Å². The second kappa shape index (κ2) is 8.97. The Morgan fingerprint density at radius 3 is 2.00 bits per heavy atom. The third-order valence-corrected chi connectivity index (χ3v) is 3.55. The number of ether oxygens (including phenoxy) is 2. The van der Waals surface area contributed by atoms with Crippen molar-refractivity contribution in [2.75, 3.05) is 13.2 Å². The van der Waals surface area contributed by atoms with Gasteiger partial charge in [-0.05, 0) is 40.0 Å². The molecule has 2 heteroatoms. The van der Waals surface area contributed by atoms with Crippen molar-refractivity contribution in [2.24, 2.45) is 5.92 Å². The molecular formula is C17H36O2. The Bertz CT molecular complexity index is 221. The molecule has 0 aliphatic carbocycles. The molecule has 0 spiro atoms. The van der Waals surface area contributed by atoms with Crippen molar-refractivity contribution in [3.8, 4) is 0 Å². The predicted octanol–water partition coefficient (Wildman–Crippen LogP) is 5.20. The first-order chi connectivity index (χ1) is 8.72. The highest BCUT2D eigenvalue weighted by Crippen LogP contribution is 2.27. The van der Waals surface area contributed by atoms with Crippen LogP contribution in [0.5, 0.6) is 0 Å². The molecule has 0 rings (SSSR count). The number of hydrogen-bond donors (Lipinski definition) is 0. The standard InChI is InChI=1S/C17H36O2/c1-8-10-11-12-18-16(4,5)14-17(6,7)19-13-15(3)9-2/h15H,8-14H2,1-7H3. The van der Waals surface area contributed by atoms with Gasteiger partial charge in [-0.2, -0.15) is 0 Å². The SMILES string of the molecule is CCCCCOC(C)(C)CC(C)(C)OCC(C)CC. The number of rotatable bonds is 11. The van der Waals surface area contributed by atoms with E-state index in [2.05, 4.69) is 48.5 Å². The molecule has 0 heterocycles. The molecule has 0 aliphatic rings. The summed E-state index contributed by atoms with van der Waals surface area (Å²) in [5.74, 6) is 0.632. The van der Waals surface area contributed by atoms with E-state index in [1.54, 1.807) is 0 Å². The lowest BCUT2D eigenvalue weighted by Gasteiger charge is -2.35. The average molecular weight is 272 g/mol. The molecule has 0 saturated heterocycles. The van der Waals surface area contributed by atoms with Crippen LogP contribution in [-0.2, 0) is 9.47 Å². The third kappa shape index (κ3) is 10.4. The first-order valence-electron chi connectivity index (χ1n) is 8.00. The summed E-state index contributed by atoms with van der Waals surface area (Å²) >= 11 is 0. The number of unbranched alkanes of at least 4 members (excludes halogenated alkanes) is 2. The molecule has 1 atom stereocenters. The number of hydrogen-bond acceptors (Lipinski definition) is 2. The quantitative estimate of drug-likeness (QED) is 0.481. The fraction of sp³-hybridized carbons (Fsp3) is 1.00. The summed E-state index contributed by atoms with van der Waals surface area (Å²) in [6.07, 6.45) is 5.76. The van der Waals surface area contributed by atoms with E-state index < -0.39 is 0 Å². The summed E-state index contributed by atoms with van der Waals surface area (Å²) in [5.41, 5.74) is -0.218. The highest BCUT2D eigenvalue weighted by atomic mass is 16.5. The Hall–Kier alpha value is -0.0800. The van der Waals surface area contributed by atoms with Gasteiger partial charge in [0.2, 0.25) is 0 Å². The fourth-order valence-electron chi connectivity index (χ4n) is 2.31. The zero-order valence-corrected chi connectivity index (χ0v) is 14.3. The van der Waals surface area contributed by atoms with E-state index >= 15 is 0 Å². The van der Waals surface area contributed by atoms with Gasteiger partial charge in [0.05, 0.1) is 11.2 Å². The molecule has 0 aromatic rings. The van der Waals surface area contributed by atoms with Gasteiger partial charge in [-0.1, -0.05) is 40.0 Å². The summed E-state index contributed by atoms with van der Waals surface area (Å²) < 4.78 is 12.1. The topological polar surface area (TPSA) is 18.5 Å². The van der Waals surface area contributed by atoms with E-state index in [0.29, 0.717) is 5.92 Å². The Morgan fingerprint density at radius 1 is 0.895 bits per heavy atom. The average Bonchev–Trinajstić information content (AvgIpc) is 2.30. The Labute approximate surface area is 121 Å². The highest BCUT2D eigenvalue weighted by Gasteiger charge is 2.30. The van der Waals surface area contributed by atoms with Crippen LogP contribution >= 0.6 is 0 Å². The van der Waals surface area contributed by atoms with Crippen LogP contribution in [0.4, 0.5) is 0 Å². The Kier molecular flexibility index (Phi) is 8.93. The maximum Gasteiger partial charge on any atom is 0.0653 e. The second-order valence-electron chi connectivity index (χ2n) is 7.08. The first-order valence-corrected chi connectivity index (χ1v) is 8.00. The van der Waals surface area contributed by atoms with E-state index in [1.165, 1.54) is 19.3 Å². The van der Waals surface area contributed by atoms with Gasteiger partial charge in [0.25, 0.3) is 0 Å². The van der Waals surface area contributed by atoms with Crippen molar-refractivity contribution in [2.45, 2.75) is 91.8 Å². The van der Waals surface area contributed by atoms with Crippen molar-refractivity contribution < 1.29 is 9.47 Å². The van der Waals surface area contributed by atoms with Crippen molar-refractivity contribution in [3.05, 3.63) is 0 Å². The van der Waals surface area contributed by atoms with E-state index in [4.69, 9.17) is 9.47 Å². The van der Waals surface area contributed by atoms with E-state index in [1.807, 2.05) is 0 Å². The molecule has 116 valence electrons. The minimum atomic E-state index is -0.113. The zero-order chi connectivity index (χ0) is 14.9. The molecule has 0 fully saturated rings. The van der Waals surface area contributed by atoms with Crippen molar-refractivity contribution in [1.82, 2.24) is 0 Å². The lowest BCUT2D eigenvalue weighted by molar-refractivity contribution is -0.107. The Morgan fingerprint density at radius 2 is 1.47 bits per heavy atom. The second-order valence-corrected chi connectivity index (χ2v) is 7.08. The summed E-state index contributed by atoms with van der Waals surface area (Å²) in [7, 11) is 0. The normalized spacial score (nSPS) is 14.7. The molecule has 0 aromatic carbocycles. The van der Waals surface area contributed by atoms with Gasteiger partial charge in [0.15, 0.2) is 0 Å². The molecule has 0 radical (unpaired) electrons. The molecule has 0 N–H and O–H groups in total. The smallest absolute Gasteiger partial charge is 0.0653 e. The summed E-state index contributed by atoms with van der Waals surface area (Å²) in [6.45, 7) is 17.1. The van der Waals surface area contributed by atoms with E-state index in [9.17, 15) is 0 Å². The highest BCUT2D eigenvalue weighted by molar-refractivity contribution is 4.81. The first kappa shape index (κ1) is 18.9. The molecular weight excluding hydrogens is 236 g/mol. The molecule has 2 nitrogen and oxygen atoms in total. The van der Waals surface area contributed by atoms with Gasteiger partial charge in [0.1, 0.15) is 0 Å². The predicted molar refractivity (Wildman–Crippen MR) is 83.7 cm³/mol. The van der Waals surface area contributed by atoms with Crippen LogP contribution in [0.3, 0.4) is 0 Å². The molecule has 0 amide bonds. The fourth-order valence-corrected chi connectivity index (χ4v) is 2.31. The van der Waals surface area contributed by atoms with Crippen LogP contribution in [0.1, 0.15) is 80.6 Å². The van der Waals surface area contributed by atoms with Gasteiger partial charge in [0, 0.05) is 19.6 Å². The van der Waals surface area contributed by atoms with Crippen molar-refractivity contribution in [1.29, 1.82) is 0 Å². The molecule has 1 unspecified atom stereocenters. The maximum atomic E-state index is 6.07.